The summed E-state index contributed by atoms with van der Waals surface area (Å²) in [6.07, 6.45) is -4.52. The van der Waals surface area contributed by atoms with E-state index >= 15 is 0 Å². The molecule has 1 aliphatic rings. The monoisotopic (exact) mass is 366 g/mol. The van der Waals surface area contributed by atoms with Crippen LogP contribution >= 0.6 is 23.2 Å². The molecular formula is C15H11Cl2F3O3. The van der Waals surface area contributed by atoms with Gasteiger partial charge in [-0.3, -0.25) is 0 Å². The molecule has 2 rings (SSSR count). The van der Waals surface area contributed by atoms with Crippen LogP contribution in [0.15, 0.2) is 42.2 Å². The maximum atomic E-state index is 13.8. The molecule has 0 aliphatic carbocycles. The van der Waals surface area contributed by atoms with Crippen molar-refractivity contribution in [3.63, 3.8) is 0 Å². The van der Waals surface area contributed by atoms with Crippen LogP contribution in [0, 0.1) is 0 Å². The Labute approximate surface area is 140 Å². The van der Waals surface area contributed by atoms with Crippen molar-refractivity contribution in [2.24, 2.45) is 0 Å². The lowest BCUT2D eigenvalue weighted by atomic mass is 9.84. The van der Waals surface area contributed by atoms with Gasteiger partial charge in [-0.2, -0.15) is 13.2 Å². The van der Waals surface area contributed by atoms with Gasteiger partial charge in [0, 0.05) is 27.6 Å². The van der Waals surface area contributed by atoms with E-state index in [4.69, 9.17) is 27.9 Å². The topological polar surface area (TPSA) is 35.5 Å². The molecule has 0 radical (unpaired) electrons. The number of ether oxygens (including phenoxy) is 2. The zero-order valence-corrected chi connectivity index (χ0v) is 13.4. The molecule has 23 heavy (non-hydrogen) atoms. The molecule has 1 aromatic rings. The van der Waals surface area contributed by atoms with Gasteiger partial charge in [-0.25, -0.2) is 4.79 Å². The third kappa shape index (κ3) is 3.33. The Balaban J connectivity index is 2.65. The molecule has 8 heteroatoms. The van der Waals surface area contributed by atoms with E-state index < -0.39 is 24.2 Å². The molecule has 1 atom stereocenters. The van der Waals surface area contributed by atoms with Gasteiger partial charge in [0.25, 0.3) is 0 Å². The maximum absolute atomic E-state index is 13.8. The molecular weight excluding hydrogens is 356 g/mol. The summed E-state index contributed by atoms with van der Waals surface area (Å²) in [5.74, 6) is -1.21. The van der Waals surface area contributed by atoms with Crippen molar-refractivity contribution in [3.05, 3.63) is 57.8 Å². The Bertz CT molecular complexity index is 677. The van der Waals surface area contributed by atoms with Crippen LogP contribution in [0.5, 0.6) is 0 Å². The van der Waals surface area contributed by atoms with Crippen molar-refractivity contribution in [3.8, 4) is 0 Å². The van der Waals surface area contributed by atoms with Gasteiger partial charge in [-0.15, -0.1) is 0 Å². The number of rotatable bonds is 2. The van der Waals surface area contributed by atoms with E-state index in [9.17, 15) is 18.0 Å². The average Bonchev–Trinajstić information content (AvgIpc) is 2.43. The summed E-state index contributed by atoms with van der Waals surface area (Å²) in [6.45, 7) is 3.39. The highest BCUT2D eigenvalue weighted by Gasteiger charge is 2.60. The first-order valence-electron chi connectivity index (χ1n) is 6.29. The number of allylic oxidation sites excluding steroid dienone is 1. The van der Waals surface area contributed by atoms with E-state index in [1.165, 1.54) is 6.07 Å². The third-order valence-corrected chi connectivity index (χ3v) is 3.75. The number of methoxy groups -OCH3 is 1. The standard InChI is InChI=1S/C15H11Cl2F3O3/c1-8-3-9(13(21)22-2)7-14(23-8,15(18,19)20)10-4-11(16)6-12(17)5-10/h3-6H,1,7H2,2H3. The number of alkyl halides is 3. The van der Waals surface area contributed by atoms with Crippen molar-refractivity contribution in [2.45, 2.75) is 18.2 Å². The minimum Gasteiger partial charge on any atom is -0.473 e. The van der Waals surface area contributed by atoms with E-state index in [0.29, 0.717) is 0 Å². The zero-order valence-electron chi connectivity index (χ0n) is 11.8. The zero-order chi connectivity index (χ0) is 17.4. The summed E-state index contributed by atoms with van der Waals surface area (Å²) >= 11 is 11.6. The van der Waals surface area contributed by atoms with Crippen LogP contribution in [0.4, 0.5) is 13.2 Å². The first-order chi connectivity index (χ1) is 10.6. The van der Waals surface area contributed by atoms with Gasteiger partial charge in [0.05, 0.1) is 7.11 Å². The third-order valence-electron chi connectivity index (χ3n) is 3.31. The van der Waals surface area contributed by atoms with E-state index in [1.54, 1.807) is 0 Å². The fourth-order valence-electron chi connectivity index (χ4n) is 2.33. The second-order valence-electron chi connectivity index (χ2n) is 4.89. The second-order valence-corrected chi connectivity index (χ2v) is 5.76. The molecule has 3 nitrogen and oxygen atoms in total. The van der Waals surface area contributed by atoms with E-state index in [2.05, 4.69) is 11.3 Å². The van der Waals surface area contributed by atoms with Gasteiger partial charge in [0.2, 0.25) is 5.60 Å². The molecule has 0 aromatic heterocycles. The molecule has 0 amide bonds. The SMILES string of the molecule is C=C1C=C(C(=O)OC)CC(c2cc(Cl)cc(Cl)c2)(C(F)(F)F)O1. The maximum Gasteiger partial charge on any atom is 0.432 e. The summed E-state index contributed by atoms with van der Waals surface area (Å²) in [5.41, 5.74) is -3.35. The Morgan fingerprint density at radius 1 is 1.30 bits per heavy atom. The largest absolute Gasteiger partial charge is 0.473 e. The summed E-state index contributed by atoms with van der Waals surface area (Å²) in [4.78, 5) is 11.7. The van der Waals surface area contributed by atoms with Crippen molar-refractivity contribution in [1.29, 1.82) is 0 Å². The molecule has 1 heterocycles. The van der Waals surface area contributed by atoms with Gasteiger partial charge >= 0.3 is 12.1 Å². The highest BCUT2D eigenvalue weighted by molar-refractivity contribution is 6.34. The average molecular weight is 367 g/mol. The van der Waals surface area contributed by atoms with Gasteiger partial charge in [-0.05, 0) is 24.3 Å². The molecule has 124 valence electrons. The summed E-state index contributed by atoms with van der Waals surface area (Å²) in [6, 6.07) is 3.48. The Morgan fingerprint density at radius 2 is 1.87 bits per heavy atom. The van der Waals surface area contributed by atoms with Crippen LogP contribution in [-0.2, 0) is 19.9 Å². The minimum absolute atomic E-state index is 0.0134. The summed E-state index contributed by atoms with van der Waals surface area (Å²) < 4.78 is 51.0. The highest BCUT2D eigenvalue weighted by Crippen LogP contribution is 2.51. The van der Waals surface area contributed by atoms with Crippen molar-refractivity contribution in [2.75, 3.05) is 7.11 Å². The lowest BCUT2D eigenvalue weighted by Gasteiger charge is -2.39. The van der Waals surface area contributed by atoms with Crippen LogP contribution in [0.3, 0.4) is 0 Å². The van der Waals surface area contributed by atoms with Gasteiger partial charge in [-0.1, -0.05) is 29.8 Å². The number of carbonyl (C=O) groups is 1. The summed E-state index contributed by atoms with van der Waals surface area (Å²) in [7, 11) is 1.08. The smallest absolute Gasteiger partial charge is 0.432 e. The molecule has 1 unspecified atom stereocenters. The van der Waals surface area contributed by atoms with Gasteiger partial charge < -0.3 is 9.47 Å². The highest BCUT2D eigenvalue weighted by atomic mass is 35.5. The molecule has 0 N–H and O–H groups in total. The lowest BCUT2D eigenvalue weighted by Crippen LogP contribution is -2.47. The van der Waals surface area contributed by atoms with Crippen LogP contribution in [0.2, 0.25) is 10.0 Å². The van der Waals surface area contributed by atoms with Crippen LogP contribution in [0.1, 0.15) is 12.0 Å². The molecule has 0 saturated carbocycles. The fourth-order valence-corrected chi connectivity index (χ4v) is 2.86. The van der Waals surface area contributed by atoms with Crippen LogP contribution in [0.25, 0.3) is 0 Å². The van der Waals surface area contributed by atoms with Crippen molar-refractivity contribution >= 4 is 29.2 Å². The number of carbonyl (C=O) groups excluding carboxylic acids is 1. The first kappa shape index (κ1) is 17.7. The summed E-state index contributed by atoms with van der Waals surface area (Å²) in [5, 5.41) is 0.0269. The Morgan fingerprint density at radius 3 is 2.35 bits per heavy atom. The molecule has 0 saturated heterocycles. The van der Waals surface area contributed by atoms with E-state index in [1.807, 2.05) is 0 Å². The van der Waals surface area contributed by atoms with E-state index in [-0.39, 0.29) is 26.9 Å². The number of halogens is 5. The Hall–Kier alpha value is -1.66. The molecule has 1 aliphatic heterocycles. The number of hydrogen-bond donors (Lipinski definition) is 0. The molecule has 0 spiro atoms. The van der Waals surface area contributed by atoms with Gasteiger partial charge in [0.15, 0.2) is 0 Å². The number of benzene rings is 1. The first-order valence-corrected chi connectivity index (χ1v) is 7.05. The fraction of sp³-hybridized carbons (Fsp3) is 0.267. The quantitative estimate of drug-likeness (QED) is 0.706. The van der Waals surface area contributed by atoms with Crippen molar-refractivity contribution < 1.29 is 27.4 Å². The number of hydrogen-bond acceptors (Lipinski definition) is 3. The normalized spacial score (nSPS) is 21.5. The minimum atomic E-state index is -4.85. The van der Waals surface area contributed by atoms with Crippen LogP contribution < -0.4 is 0 Å². The Kier molecular flexibility index (Phi) is 4.69. The van der Waals surface area contributed by atoms with Gasteiger partial charge in [0.1, 0.15) is 5.76 Å². The molecule has 0 bridgehead atoms. The lowest BCUT2D eigenvalue weighted by molar-refractivity contribution is -0.273. The molecule has 1 aromatic carbocycles. The number of esters is 1. The molecule has 0 fully saturated rings. The van der Waals surface area contributed by atoms with Crippen LogP contribution in [-0.4, -0.2) is 19.3 Å². The van der Waals surface area contributed by atoms with Crippen molar-refractivity contribution in [1.82, 2.24) is 0 Å². The predicted octanol–water partition coefficient (Wildman–Crippen LogP) is 4.78. The second kappa shape index (κ2) is 6.09. The predicted molar refractivity (Wildman–Crippen MR) is 79.1 cm³/mol. The van der Waals surface area contributed by atoms with E-state index in [0.717, 1.165) is 25.3 Å².